The fourth-order valence-electron chi connectivity index (χ4n) is 1.26. The van der Waals surface area contributed by atoms with Crippen LogP contribution >= 0.6 is 11.6 Å². The second kappa shape index (κ2) is 3.01. The third-order valence-corrected chi connectivity index (χ3v) is 2.12. The molecule has 2 rings (SSSR count). The molecule has 4 heteroatoms. The van der Waals surface area contributed by atoms with Crippen molar-refractivity contribution in [1.29, 1.82) is 0 Å². The number of fused-ring (bicyclic) bond motifs is 1. The second-order valence-electron chi connectivity index (χ2n) is 3.00. The molecule has 1 heterocycles. The average Bonchev–Trinajstić information content (AvgIpc) is 2.46. The van der Waals surface area contributed by atoms with Crippen LogP contribution in [0.15, 0.2) is 22.7 Å². The first-order valence-electron chi connectivity index (χ1n) is 3.99. The van der Waals surface area contributed by atoms with Gasteiger partial charge in [0.15, 0.2) is 5.76 Å². The van der Waals surface area contributed by atoms with Gasteiger partial charge in [0, 0.05) is 10.4 Å². The van der Waals surface area contributed by atoms with Crippen LogP contribution in [0, 0.1) is 0 Å². The molecule has 0 aliphatic heterocycles. The summed E-state index contributed by atoms with van der Waals surface area (Å²) in [5, 5.41) is 5.44. The molecule has 0 bridgehead atoms. The van der Waals surface area contributed by atoms with Crippen molar-refractivity contribution in [2.45, 2.75) is 13.0 Å². The lowest BCUT2D eigenvalue weighted by Gasteiger charge is -1.98. The average molecular weight is 197 g/mol. The van der Waals surface area contributed by atoms with Crippen LogP contribution in [0.4, 0.5) is 0 Å². The monoisotopic (exact) mass is 196 g/mol. The highest BCUT2D eigenvalue weighted by atomic mass is 35.5. The van der Waals surface area contributed by atoms with E-state index in [-0.39, 0.29) is 6.04 Å². The van der Waals surface area contributed by atoms with Crippen molar-refractivity contribution >= 4 is 22.5 Å². The maximum Gasteiger partial charge on any atom is 0.160 e. The number of nitrogens with two attached hydrogens (primary N) is 1. The van der Waals surface area contributed by atoms with Crippen LogP contribution in [0.3, 0.4) is 0 Å². The Hall–Kier alpha value is -1.06. The molecule has 2 N–H and O–H groups in total. The van der Waals surface area contributed by atoms with E-state index >= 15 is 0 Å². The van der Waals surface area contributed by atoms with Gasteiger partial charge in [-0.25, -0.2) is 0 Å². The molecule has 2 aromatic rings. The number of halogens is 1. The lowest BCUT2D eigenvalue weighted by Crippen LogP contribution is -2.03. The molecule has 0 saturated heterocycles. The smallest absolute Gasteiger partial charge is 0.160 e. The van der Waals surface area contributed by atoms with E-state index in [2.05, 4.69) is 5.16 Å². The minimum atomic E-state index is -0.147. The Kier molecular flexibility index (Phi) is 1.98. The van der Waals surface area contributed by atoms with Crippen molar-refractivity contribution in [2.24, 2.45) is 5.73 Å². The van der Waals surface area contributed by atoms with Crippen molar-refractivity contribution < 1.29 is 4.52 Å². The number of benzene rings is 1. The van der Waals surface area contributed by atoms with Gasteiger partial charge in [0.2, 0.25) is 0 Å². The molecular weight excluding hydrogens is 188 g/mol. The van der Waals surface area contributed by atoms with E-state index in [0.29, 0.717) is 10.8 Å². The summed E-state index contributed by atoms with van der Waals surface area (Å²) < 4.78 is 5.10. The van der Waals surface area contributed by atoms with E-state index in [0.717, 1.165) is 10.9 Å². The van der Waals surface area contributed by atoms with Gasteiger partial charge in [0.1, 0.15) is 5.52 Å². The first kappa shape index (κ1) is 8.53. The number of rotatable bonds is 1. The predicted molar refractivity (Wildman–Crippen MR) is 51.6 cm³/mol. The van der Waals surface area contributed by atoms with Gasteiger partial charge in [-0.15, -0.1) is 0 Å². The lowest BCUT2D eigenvalue weighted by molar-refractivity contribution is 0.375. The Morgan fingerprint density at radius 3 is 3.00 bits per heavy atom. The largest absolute Gasteiger partial charge is 0.358 e. The molecule has 0 radical (unpaired) electrons. The second-order valence-corrected chi connectivity index (χ2v) is 3.43. The zero-order valence-electron chi connectivity index (χ0n) is 7.12. The van der Waals surface area contributed by atoms with E-state index in [1.54, 1.807) is 12.1 Å². The summed E-state index contributed by atoms with van der Waals surface area (Å²) in [5.74, 6) is 0.701. The minimum Gasteiger partial charge on any atom is -0.358 e. The fraction of sp³-hybridized carbons (Fsp3) is 0.222. The van der Waals surface area contributed by atoms with E-state index in [4.69, 9.17) is 21.9 Å². The van der Waals surface area contributed by atoms with Crippen molar-refractivity contribution in [3.63, 3.8) is 0 Å². The van der Waals surface area contributed by atoms with Gasteiger partial charge in [-0.1, -0.05) is 16.8 Å². The standard InChI is InChI=1S/C9H9ClN2O/c1-5(11)9-7-3-2-6(10)4-8(7)12-13-9/h2-5H,11H2,1H3. The Balaban J connectivity index is 2.69. The van der Waals surface area contributed by atoms with Crippen molar-refractivity contribution in [1.82, 2.24) is 5.16 Å². The molecule has 1 unspecified atom stereocenters. The summed E-state index contributed by atoms with van der Waals surface area (Å²) in [5.41, 5.74) is 6.45. The Labute approximate surface area is 80.5 Å². The molecule has 1 aromatic heterocycles. The topological polar surface area (TPSA) is 52.0 Å². The maximum absolute atomic E-state index is 5.79. The quantitative estimate of drug-likeness (QED) is 0.763. The minimum absolute atomic E-state index is 0.147. The summed E-state index contributed by atoms with van der Waals surface area (Å²) in [6, 6.07) is 5.28. The predicted octanol–water partition coefficient (Wildman–Crippen LogP) is 2.50. The molecule has 0 aliphatic rings. The van der Waals surface area contributed by atoms with Gasteiger partial charge in [0.25, 0.3) is 0 Å². The molecule has 0 spiro atoms. The SMILES string of the molecule is CC(N)c1onc2cc(Cl)ccc12. The third-order valence-electron chi connectivity index (χ3n) is 1.88. The van der Waals surface area contributed by atoms with Crippen LogP contribution in [-0.2, 0) is 0 Å². The first-order chi connectivity index (χ1) is 6.18. The first-order valence-corrected chi connectivity index (χ1v) is 4.36. The molecule has 0 fully saturated rings. The van der Waals surface area contributed by atoms with Crippen molar-refractivity contribution in [3.8, 4) is 0 Å². The van der Waals surface area contributed by atoms with Gasteiger partial charge in [0.05, 0.1) is 6.04 Å². The van der Waals surface area contributed by atoms with E-state index < -0.39 is 0 Å². The van der Waals surface area contributed by atoms with Gasteiger partial charge < -0.3 is 10.3 Å². The summed E-state index contributed by atoms with van der Waals surface area (Å²) in [6.45, 7) is 1.86. The fourth-order valence-corrected chi connectivity index (χ4v) is 1.43. The van der Waals surface area contributed by atoms with Gasteiger partial charge >= 0.3 is 0 Å². The molecule has 1 atom stereocenters. The molecule has 3 nitrogen and oxygen atoms in total. The van der Waals surface area contributed by atoms with Crippen LogP contribution in [0.25, 0.3) is 10.9 Å². The molecule has 1 aromatic carbocycles. The summed E-state index contributed by atoms with van der Waals surface area (Å²) in [7, 11) is 0. The molecule has 0 saturated carbocycles. The zero-order chi connectivity index (χ0) is 9.42. The Bertz CT molecular complexity index is 436. The maximum atomic E-state index is 5.79. The van der Waals surface area contributed by atoms with Crippen LogP contribution in [-0.4, -0.2) is 5.16 Å². The third kappa shape index (κ3) is 1.41. The highest BCUT2D eigenvalue weighted by Crippen LogP contribution is 2.24. The summed E-state index contributed by atoms with van der Waals surface area (Å²) >= 11 is 5.79. The molecule has 0 amide bonds. The number of hydrogen-bond acceptors (Lipinski definition) is 3. The van der Waals surface area contributed by atoms with Crippen LogP contribution < -0.4 is 5.73 Å². The van der Waals surface area contributed by atoms with E-state index in [9.17, 15) is 0 Å². The normalized spacial score (nSPS) is 13.5. The molecular formula is C9H9ClN2O. The van der Waals surface area contributed by atoms with E-state index in [1.165, 1.54) is 0 Å². The summed E-state index contributed by atoms with van der Waals surface area (Å²) in [4.78, 5) is 0. The van der Waals surface area contributed by atoms with Gasteiger partial charge in [-0.3, -0.25) is 0 Å². The van der Waals surface area contributed by atoms with Gasteiger partial charge in [-0.05, 0) is 25.1 Å². The lowest BCUT2D eigenvalue weighted by atomic mass is 10.1. The Morgan fingerprint density at radius 2 is 2.31 bits per heavy atom. The Morgan fingerprint density at radius 1 is 1.54 bits per heavy atom. The molecule has 0 aliphatic carbocycles. The molecule has 68 valence electrons. The van der Waals surface area contributed by atoms with Crippen LogP contribution in [0.2, 0.25) is 5.02 Å². The van der Waals surface area contributed by atoms with Crippen LogP contribution in [0.1, 0.15) is 18.7 Å². The number of nitrogens with zero attached hydrogens (tertiary/aromatic N) is 1. The van der Waals surface area contributed by atoms with Crippen LogP contribution in [0.5, 0.6) is 0 Å². The molecule has 13 heavy (non-hydrogen) atoms. The highest BCUT2D eigenvalue weighted by Gasteiger charge is 2.11. The van der Waals surface area contributed by atoms with E-state index in [1.807, 2.05) is 13.0 Å². The number of aromatic nitrogens is 1. The van der Waals surface area contributed by atoms with Crippen molar-refractivity contribution in [2.75, 3.05) is 0 Å². The zero-order valence-corrected chi connectivity index (χ0v) is 7.88. The number of hydrogen-bond donors (Lipinski definition) is 1. The highest BCUT2D eigenvalue weighted by molar-refractivity contribution is 6.31. The van der Waals surface area contributed by atoms with Crippen molar-refractivity contribution in [3.05, 3.63) is 29.0 Å². The van der Waals surface area contributed by atoms with Gasteiger partial charge in [-0.2, -0.15) is 0 Å². The summed E-state index contributed by atoms with van der Waals surface area (Å²) in [6.07, 6.45) is 0.